The quantitative estimate of drug-likeness (QED) is 0.773. The molecule has 3 aromatic rings. The number of rotatable bonds is 4. The molecule has 0 aliphatic rings. The Morgan fingerprint density at radius 1 is 1.35 bits per heavy atom. The molecule has 0 unspecified atom stereocenters. The van der Waals surface area contributed by atoms with E-state index < -0.39 is 0 Å². The van der Waals surface area contributed by atoms with Crippen LogP contribution in [0.2, 0.25) is 0 Å². The molecule has 0 aliphatic heterocycles. The number of fused-ring (bicyclic) bond motifs is 1. The molecule has 1 atom stereocenters. The Bertz CT molecular complexity index is 863. The van der Waals surface area contributed by atoms with Crippen LogP contribution in [0, 0.1) is 20.8 Å². The van der Waals surface area contributed by atoms with Crippen molar-refractivity contribution >= 4 is 11.6 Å². The molecule has 0 saturated carbocycles. The summed E-state index contributed by atoms with van der Waals surface area (Å²) in [7, 11) is 0. The highest BCUT2D eigenvalue weighted by atomic mass is 16.2. The molecule has 0 saturated heterocycles. The molecule has 2 N–H and O–H groups in total. The summed E-state index contributed by atoms with van der Waals surface area (Å²) in [5.41, 5.74) is 3.77. The lowest BCUT2D eigenvalue weighted by atomic mass is 10.2. The van der Waals surface area contributed by atoms with Gasteiger partial charge in [0.05, 0.1) is 11.7 Å². The third-order valence-corrected chi connectivity index (χ3v) is 3.73. The standard InChI is InChI=1S/C16H20N6O/c1-5-12(15-17-8-10(3)18-15)20-16(23)13-7-11(4)22-14(19-13)6-9(2)21-22/h6-8,12H,5H2,1-4H3,(H,17,18)(H,20,23)/t12-/m0/s1. The van der Waals surface area contributed by atoms with Gasteiger partial charge in [-0.1, -0.05) is 6.92 Å². The molecule has 0 aromatic carbocycles. The van der Waals surface area contributed by atoms with Gasteiger partial charge in [-0.25, -0.2) is 14.5 Å². The van der Waals surface area contributed by atoms with Gasteiger partial charge in [0.1, 0.15) is 11.5 Å². The number of imidazole rings is 1. The number of carbonyl (C=O) groups is 1. The highest BCUT2D eigenvalue weighted by Crippen LogP contribution is 2.15. The number of amides is 1. The minimum atomic E-state index is -0.213. The Hall–Kier alpha value is -2.70. The molecule has 0 radical (unpaired) electrons. The molecular weight excluding hydrogens is 292 g/mol. The van der Waals surface area contributed by atoms with Crippen LogP contribution < -0.4 is 5.32 Å². The van der Waals surface area contributed by atoms with Crippen molar-refractivity contribution in [2.75, 3.05) is 0 Å². The van der Waals surface area contributed by atoms with Gasteiger partial charge in [-0.3, -0.25) is 4.79 Å². The van der Waals surface area contributed by atoms with E-state index in [1.165, 1.54) is 0 Å². The van der Waals surface area contributed by atoms with E-state index in [1.807, 2.05) is 33.8 Å². The van der Waals surface area contributed by atoms with E-state index in [0.29, 0.717) is 11.3 Å². The summed E-state index contributed by atoms with van der Waals surface area (Å²) in [4.78, 5) is 24.4. The van der Waals surface area contributed by atoms with Crippen LogP contribution in [0.15, 0.2) is 18.3 Å². The van der Waals surface area contributed by atoms with Crippen molar-refractivity contribution in [1.29, 1.82) is 0 Å². The topological polar surface area (TPSA) is 88.0 Å². The zero-order valence-corrected chi connectivity index (χ0v) is 13.7. The van der Waals surface area contributed by atoms with Gasteiger partial charge in [0, 0.05) is 23.7 Å². The first-order valence-electron chi connectivity index (χ1n) is 7.64. The summed E-state index contributed by atoms with van der Waals surface area (Å²) in [6.07, 6.45) is 2.50. The van der Waals surface area contributed by atoms with Crippen molar-refractivity contribution in [2.45, 2.75) is 40.2 Å². The van der Waals surface area contributed by atoms with Gasteiger partial charge < -0.3 is 10.3 Å². The molecule has 3 rings (SSSR count). The second kappa shape index (κ2) is 5.83. The highest BCUT2D eigenvalue weighted by molar-refractivity contribution is 5.93. The maximum absolute atomic E-state index is 12.6. The van der Waals surface area contributed by atoms with E-state index in [4.69, 9.17) is 0 Å². The van der Waals surface area contributed by atoms with E-state index in [-0.39, 0.29) is 11.9 Å². The lowest BCUT2D eigenvalue weighted by molar-refractivity contribution is 0.0928. The third kappa shape index (κ3) is 2.94. The summed E-state index contributed by atoms with van der Waals surface area (Å²) in [6, 6.07) is 3.44. The van der Waals surface area contributed by atoms with Crippen LogP contribution in [0.3, 0.4) is 0 Å². The fraction of sp³-hybridized carbons (Fsp3) is 0.375. The molecule has 0 bridgehead atoms. The second-order valence-electron chi connectivity index (χ2n) is 5.72. The maximum atomic E-state index is 12.6. The zero-order valence-electron chi connectivity index (χ0n) is 13.7. The van der Waals surface area contributed by atoms with Gasteiger partial charge in [-0.05, 0) is 33.3 Å². The normalized spacial score (nSPS) is 12.5. The molecule has 3 aromatic heterocycles. The number of aromatic nitrogens is 5. The summed E-state index contributed by atoms with van der Waals surface area (Å²) in [6.45, 7) is 7.75. The smallest absolute Gasteiger partial charge is 0.270 e. The van der Waals surface area contributed by atoms with Gasteiger partial charge in [0.15, 0.2) is 5.65 Å². The summed E-state index contributed by atoms with van der Waals surface area (Å²) in [5, 5.41) is 7.33. The second-order valence-corrected chi connectivity index (χ2v) is 5.72. The first-order chi connectivity index (χ1) is 11.0. The van der Waals surface area contributed by atoms with Crippen LogP contribution in [-0.4, -0.2) is 30.5 Å². The fourth-order valence-electron chi connectivity index (χ4n) is 2.56. The molecular formula is C16H20N6O. The van der Waals surface area contributed by atoms with E-state index >= 15 is 0 Å². The first kappa shape index (κ1) is 15.2. The van der Waals surface area contributed by atoms with Crippen molar-refractivity contribution in [1.82, 2.24) is 29.9 Å². The average Bonchev–Trinajstić information content (AvgIpc) is 3.10. The third-order valence-electron chi connectivity index (χ3n) is 3.73. The minimum absolute atomic E-state index is 0.166. The largest absolute Gasteiger partial charge is 0.344 e. The molecule has 120 valence electrons. The summed E-state index contributed by atoms with van der Waals surface area (Å²) < 4.78 is 1.74. The summed E-state index contributed by atoms with van der Waals surface area (Å²) >= 11 is 0. The monoisotopic (exact) mass is 312 g/mol. The molecule has 1 amide bonds. The van der Waals surface area contributed by atoms with Crippen molar-refractivity contribution in [3.63, 3.8) is 0 Å². The van der Waals surface area contributed by atoms with Gasteiger partial charge in [-0.15, -0.1) is 0 Å². The highest BCUT2D eigenvalue weighted by Gasteiger charge is 2.18. The molecule has 0 aliphatic carbocycles. The molecule has 7 nitrogen and oxygen atoms in total. The SMILES string of the molecule is CC[C@H](NC(=O)c1cc(C)n2nc(C)cc2n1)c1ncc(C)[nH]1. The lowest BCUT2D eigenvalue weighted by Gasteiger charge is -2.14. The average molecular weight is 312 g/mol. The summed E-state index contributed by atoms with van der Waals surface area (Å²) in [5.74, 6) is 0.548. The number of aryl methyl sites for hydroxylation is 3. The van der Waals surface area contributed by atoms with E-state index in [0.717, 1.165) is 29.3 Å². The lowest BCUT2D eigenvalue weighted by Crippen LogP contribution is -2.30. The Labute approximate surface area is 134 Å². The fourth-order valence-corrected chi connectivity index (χ4v) is 2.56. The number of hydrogen-bond donors (Lipinski definition) is 2. The number of nitrogens with zero attached hydrogens (tertiary/aromatic N) is 4. The molecule has 0 spiro atoms. The van der Waals surface area contributed by atoms with Crippen molar-refractivity contribution in [2.24, 2.45) is 0 Å². The molecule has 23 heavy (non-hydrogen) atoms. The van der Waals surface area contributed by atoms with Crippen molar-refractivity contribution < 1.29 is 4.79 Å². The van der Waals surface area contributed by atoms with Gasteiger partial charge in [0.2, 0.25) is 0 Å². The first-order valence-corrected chi connectivity index (χ1v) is 7.64. The Morgan fingerprint density at radius 2 is 2.13 bits per heavy atom. The number of H-pyrrole nitrogens is 1. The van der Waals surface area contributed by atoms with Crippen LogP contribution in [-0.2, 0) is 0 Å². The van der Waals surface area contributed by atoms with E-state index in [9.17, 15) is 4.79 Å². The Balaban J connectivity index is 1.87. The van der Waals surface area contributed by atoms with E-state index in [2.05, 4.69) is 25.4 Å². The number of carbonyl (C=O) groups excluding carboxylic acids is 1. The van der Waals surface area contributed by atoms with Crippen LogP contribution >= 0.6 is 0 Å². The zero-order chi connectivity index (χ0) is 16.6. The van der Waals surface area contributed by atoms with Crippen LogP contribution in [0.1, 0.15) is 52.8 Å². The van der Waals surface area contributed by atoms with Gasteiger partial charge in [-0.2, -0.15) is 5.10 Å². The maximum Gasteiger partial charge on any atom is 0.270 e. The Kier molecular flexibility index (Phi) is 3.85. The predicted molar refractivity (Wildman–Crippen MR) is 86.3 cm³/mol. The van der Waals surface area contributed by atoms with Crippen molar-refractivity contribution in [3.8, 4) is 0 Å². The molecule has 7 heteroatoms. The number of hydrogen-bond acceptors (Lipinski definition) is 4. The van der Waals surface area contributed by atoms with Gasteiger partial charge in [0.25, 0.3) is 5.91 Å². The number of nitrogens with one attached hydrogen (secondary N) is 2. The number of aromatic amines is 1. The molecule has 3 heterocycles. The molecule has 0 fully saturated rings. The van der Waals surface area contributed by atoms with Gasteiger partial charge >= 0.3 is 0 Å². The van der Waals surface area contributed by atoms with Crippen LogP contribution in [0.4, 0.5) is 0 Å². The van der Waals surface area contributed by atoms with E-state index in [1.54, 1.807) is 16.8 Å². The van der Waals surface area contributed by atoms with Crippen molar-refractivity contribution in [3.05, 3.63) is 46.9 Å². The predicted octanol–water partition coefficient (Wildman–Crippen LogP) is 2.26. The Morgan fingerprint density at radius 3 is 2.78 bits per heavy atom. The van der Waals surface area contributed by atoms with Crippen LogP contribution in [0.5, 0.6) is 0 Å². The van der Waals surface area contributed by atoms with Crippen LogP contribution in [0.25, 0.3) is 5.65 Å². The minimum Gasteiger partial charge on any atom is -0.344 e.